The number of fused-ring (bicyclic) bond motifs is 4. The van der Waals surface area contributed by atoms with Crippen LogP contribution in [0.5, 0.6) is 5.75 Å². The monoisotopic (exact) mass is 1240 g/mol. The van der Waals surface area contributed by atoms with Crippen LogP contribution in [0.3, 0.4) is 0 Å². The minimum absolute atomic E-state index is 0. The number of aromatic nitrogens is 4. The number of hydrogen-bond acceptors (Lipinski definition) is 3. The van der Waals surface area contributed by atoms with Crippen molar-refractivity contribution in [3.8, 4) is 78.6 Å². The SMILES string of the molecule is Cn1c(-c2cc(C(C)(C)C)cc(C(C)(C)C)c2O)nc2c(-c3[c-]c(-c4cc(-c5cccc6c7ccccc7n(-c7ccccc7)c56)ccn4)c(C(C)(C)C)cc3C(C)(C)C)cc(-c3cc(C(C)(C)C)ccc3-c3ccccc3)cc21.[Pt]. The third kappa shape index (κ3) is 10.4. The molecule has 0 fully saturated rings. The number of rotatable bonds is 7. The minimum atomic E-state index is -0.325. The number of imidazole rings is 1. The van der Waals surface area contributed by atoms with Gasteiger partial charge in [0.05, 0.1) is 27.6 Å². The Morgan fingerprint density at radius 2 is 1.04 bits per heavy atom. The normalized spacial score (nSPS) is 12.6. The number of aromatic hydroxyl groups is 1. The van der Waals surface area contributed by atoms with Gasteiger partial charge in [0.15, 0.2) is 0 Å². The van der Waals surface area contributed by atoms with Gasteiger partial charge < -0.3 is 14.2 Å². The summed E-state index contributed by atoms with van der Waals surface area (Å²) in [6.45, 7) is 33.9. The Morgan fingerprint density at radius 1 is 0.432 bits per heavy atom. The summed E-state index contributed by atoms with van der Waals surface area (Å²) >= 11 is 0. The summed E-state index contributed by atoms with van der Waals surface area (Å²) in [7, 11) is 2.11. The molecule has 414 valence electrons. The van der Waals surface area contributed by atoms with Gasteiger partial charge in [-0.15, -0.1) is 28.8 Å². The molecule has 8 aromatic carbocycles. The largest absolute Gasteiger partial charge is 0.507 e. The molecule has 0 saturated heterocycles. The number of phenols is 1. The molecule has 0 radical (unpaired) electrons. The number of pyridine rings is 1. The number of phenolic OH excluding ortho intramolecular Hbond substituents is 1. The average Bonchev–Trinajstić information content (AvgIpc) is 4.15. The van der Waals surface area contributed by atoms with Gasteiger partial charge in [0, 0.05) is 67.6 Å². The van der Waals surface area contributed by atoms with Gasteiger partial charge in [-0.05, 0) is 102 Å². The Hall–Kier alpha value is -7.33. The zero-order valence-electron chi connectivity index (χ0n) is 50.2. The number of nitrogens with zero attached hydrogens (tertiary/aromatic N) is 4. The second kappa shape index (κ2) is 20.6. The first-order chi connectivity index (χ1) is 37.7. The van der Waals surface area contributed by atoms with Gasteiger partial charge in [0.2, 0.25) is 0 Å². The van der Waals surface area contributed by atoms with E-state index < -0.39 is 0 Å². The predicted molar refractivity (Wildman–Crippen MR) is 339 cm³/mol. The van der Waals surface area contributed by atoms with Crippen LogP contribution < -0.4 is 0 Å². The number of hydrogen-bond donors (Lipinski definition) is 1. The van der Waals surface area contributed by atoms with E-state index in [4.69, 9.17) is 9.97 Å². The summed E-state index contributed by atoms with van der Waals surface area (Å²) < 4.78 is 4.61. The Bertz CT molecular complexity index is 4200. The smallest absolute Gasteiger partial charge is 0.143 e. The maximum absolute atomic E-state index is 12.5. The van der Waals surface area contributed by atoms with E-state index in [1.807, 2.05) is 6.20 Å². The van der Waals surface area contributed by atoms with Crippen molar-refractivity contribution < 1.29 is 26.2 Å². The minimum Gasteiger partial charge on any atom is -0.507 e. The molecule has 0 aliphatic carbocycles. The molecule has 0 amide bonds. The van der Waals surface area contributed by atoms with Gasteiger partial charge in [-0.3, -0.25) is 4.98 Å². The number of aryl methyl sites for hydroxylation is 1. The third-order valence-electron chi connectivity index (χ3n) is 16.3. The fourth-order valence-electron chi connectivity index (χ4n) is 11.8. The Balaban J connectivity index is 0.00000736. The first-order valence-corrected chi connectivity index (χ1v) is 28.4. The molecular weight excluding hydrogens is 1170 g/mol. The number of benzene rings is 8. The summed E-state index contributed by atoms with van der Waals surface area (Å²) in [6.07, 6.45) is 1.97. The molecule has 1 N–H and O–H groups in total. The van der Waals surface area contributed by atoms with Crippen LogP contribution in [0.2, 0.25) is 0 Å². The topological polar surface area (TPSA) is 55.9 Å². The summed E-state index contributed by atoms with van der Waals surface area (Å²) in [4.78, 5) is 11.0. The van der Waals surface area contributed by atoms with Gasteiger partial charge in [0.1, 0.15) is 11.6 Å². The molecule has 0 aliphatic heterocycles. The van der Waals surface area contributed by atoms with E-state index in [1.54, 1.807) is 0 Å². The van der Waals surface area contributed by atoms with Crippen molar-refractivity contribution in [2.75, 3.05) is 0 Å². The molecule has 3 heterocycles. The van der Waals surface area contributed by atoms with Gasteiger partial charge in [-0.25, -0.2) is 4.98 Å². The third-order valence-corrected chi connectivity index (χ3v) is 16.3. The zero-order valence-corrected chi connectivity index (χ0v) is 52.5. The fourth-order valence-corrected chi connectivity index (χ4v) is 11.8. The standard InChI is InChI=1S/C75H77N4O.Pt/c1-71(2,3)49-34-35-52(46-26-19-17-20-27-46)56(41-49)48-38-58(67-66(40-48)78(16)70(77-67)60-42-50(72(4,5)6)43-63(69(60)80)75(13,14)15)57-44-59(62(74(10,11)12)45-61(57)73(7,8)9)64-39-47(36-37-76-64)53-31-25-32-55-54-30-23-24-33-65(54)79(68(53)55)51-28-21-18-22-29-51;/h17-43,45,80H,1-16H3;/q-1;. The van der Waals surface area contributed by atoms with Crippen LogP contribution in [0.1, 0.15) is 132 Å². The molecule has 0 bridgehead atoms. The molecule has 3 aromatic heterocycles. The van der Waals surface area contributed by atoms with Crippen LogP contribution in [-0.4, -0.2) is 24.2 Å². The predicted octanol–water partition coefficient (Wildman–Crippen LogP) is 20.1. The molecular formula is C75H77N4OPt-. The molecule has 11 aromatic rings. The maximum Gasteiger partial charge on any atom is 0.143 e. The molecule has 6 heteroatoms. The van der Waals surface area contributed by atoms with Crippen LogP contribution in [0, 0.1) is 6.07 Å². The molecule has 0 atom stereocenters. The van der Waals surface area contributed by atoms with Gasteiger partial charge in [-0.2, -0.15) is 0 Å². The van der Waals surface area contributed by atoms with Crippen LogP contribution >= 0.6 is 0 Å². The summed E-state index contributed by atoms with van der Waals surface area (Å²) in [5.41, 5.74) is 20.9. The molecule has 11 rings (SSSR count). The van der Waals surface area contributed by atoms with Crippen molar-refractivity contribution >= 4 is 32.8 Å². The molecule has 0 saturated carbocycles. The quantitative estimate of drug-likeness (QED) is 0.162. The van der Waals surface area contributed by atoms with Crippen LogP contribution in [0.15, 0.2) is 170 Å². The van der Waals surface area contributed by atoms with Crippen LogP contribution in [-0.2, 0) is 55.2 Å². The summed E-state index contributed by atoms with van der Waals surface area (Å²) in [5, 5.41) is 14.9. The molecule has 0 spiro atoms. The van der Waals surface area contributed by atoms with Crippen molar-refractivity contribution in [3.05, 3.63) is 204 Å². The Morgan fingerprint density at radius 3 is 1.69 bits per heavy atom. The van der Waals surface area contributed by atoms with Crippen LogP contribution in [0.4, 0.5) is 0 Å². The van der Waals surface area contributed by atoms with E-state index in [-0.39, 0.29) is 53.9 Å². The molecule has 5 nitrogen and oxygen atoms in total. The first-order valence-electron chi connectivity index (χ1n) is 28.4. The van der Waals surface area contributed by atoms with Gasteiger partial charge >= 0.3 is 0 Å². The van der Waals surface area contributed by atoms with E-state index in [0.29, 0.717) is 5.82 Å². The van der Waals surface area contributed by atoms with E-state index in [1.165, 1.54) is 33.0 Å². The Kier molecular flexibility index (Phi) is 14.5. The van der Waals surface area contributed by atoms with E-state index in [9.17, 15) is 5.11 Å². The van der Waals surface area contributed by atoms with Gasteiger partial charge in [0.25, 0.3) is 0 Å². The van der Waals surface area contributed by atoms with Crippen molar-refractivity contribution in [1.82, 2.24) is 19.1 Å². The summed E-state index contributed by atoms with van der Waals surface area (Å²) in [6, 6.07) is 64.0. The average molecular weight is 1250 g/mol. The van der Waals surface area contributed by atoms with Crippen molar-refractivity contribution in [2.45, 2.75) is 131 Å². The second-order valence-electron chi connectivity index (χ2n) is 27.3. The molecule has 0 unspecified atom stereocenters. The molecule has 0 aliphatic rings. The van der Waals surface area contributed by atoms with Crippen molar-refractivity contribution in [1.29, 1.82) is 0 Å². The van der Waals surface area contributed by atoms with Crippen molar-refractivity contribution in [3.63, 3.8) is 0 Å². The van der Waals surface area contributed by atoms with Crippen molar-refractivity contribution in [2.24, 2.45) is 7.05 Å². The maximum atomic E-state index is 12.5. The fraction of sp³-hybridized carbons (Fsp3) is 0.280. The van der Waals surface area contributed by atoms with Gasteiger partial charge in [-0.1, -0.05) is 236 Å². The first kappa shape index (κ1) is 56.9. The number of para-hydroxylation sites is 3. The summed E-state index contributed by atoms with van der Waals surface area (Å²) in [5.74, 6) is 0.971. The Labute approximate surface area is 495 Å². The molecule has 81 heavy (non-hydrogen) atoms. The van der Waals surface area contributed by atoms with E-state index in [0.717, 1.165) is 94.7 Å². The zero-order chi connectivity index (χ0) is 57.0. The second-order valence-corrected chi connectivity index (χ2v) is 27.3. The van der Waals surface area contributed by atoms with E-state index in [2.05, 4.69) is 290 Å². The van der Waals surface area contributed by atoms with E-state index >= 15 is 0 Å². The van der Waals surface area contributed by atoms with Crippen LogP contribution in [0.25, 0.3) is 106 Å².